The van der Waals surface area contributed by atoms with Crippen LogP contribution in [0.2, 0.25) is 0 Å². The predicted octanol–water partition coefficient (Wildman–Crippen LogP) is 4.71. The summed E-state index contributed by atoms with van der Waals surface area (Å²) < 4.78 is 0. The number of carbonyl (C=O) groups is 1. The second-order valence-electron chi connectivity index (χ2n) is 8.85. The van der Waals surface area contributed by atoms with Gasteiger partial charge in [0.2, 0.25) is 5.95 Å². The Hall–Kier alpha value is -4.10. The number of nitrogens with zero attached hydrogens (tertiary/aromatic N) is 4. The van der Waals surface area contributed by atoms with Gasteiger partial charge >= 0.3 is 0 Å². The first-order chi connectivity index (χ1) is 17.0. The molecule has 1 fully saturated rings. The van der Waals surface area contributed by atoms with Crippen molar-refractivity contribution in [2.45, 2.75) is 25.4 Å². The minimum Gasteiger partial charge on any atom is -0.385 e. The van der Waals surface area contributed by atoms with E-state index in [1.54, 1.807) is 18.6 Å². The molecular formula is C28H27N5O2. The number of rotatable bonds is 5. The van der Waals surface area contributed by atoms with Crippen LogP contribution >= 0.6 is 0 Å². The fourth-order valence-electron chi connectivity index (χ4n) is 4.40. The van der Waals surface area contributed by atoms with Crippen molar-refractivity contribution in [1.82, 2.24) is 19.9 Å². The maximum atomic E-state index is 13.3. The molecule has 3 heterocycles. The van der Waals surface area contributed by atoms with Crippen LogP contribution in [-0.2, 0) is 5.60 Å². The molecule has 0 aliphatic carbocycles. The summed E-state index contributed by atoms with van der Waals surface area (Å²) in [5.41, 5.74) is 4.02. The fraction of sp³-hybridized carbons (Fsp3) is 0.214. The highest BCUT2D eigenvalue weighted by Gasteiger charge is 2.35. The number of aryl methyl sites for hydroxylation is 1. The highest BCUT2D eigenvalue weighted by atomic mass is 16.3. The standard InChI is InChI=1S/C28H27N5O2/c1-20-9-10-21(26(34)33-16-12-28(35,13-17-33)23-7-3-2-4-8-23)18-25(20)32-27-30-15-11-24(31-27)22-6-5-14-29-19-22/h2-11,14-15,18-19,35H,12-13,16-17H2,1H3,(H,30,31,32). The van der Waals surface area contributed by atoms with E-state index < -0.39 is 5.60 Å². The van der Waals surface area contributed by atoms with E-state index in [2.05, 4.69) is 20.3 Å². The third-order valence-electron chi connectivity index (χ3n) is 6.53. The van der Waals surface area contributed by atoms with E-state index in [0.29, 0.717) is 37.4 Å². The van der Waals surface area contributed by atoms with Crippen molar-refractivity contribution in [3.05, 3.63) is 102 Å². The van der Waals surface area contributed by atoms with Gasteiger partial charge in [-0.15, -0.1) is 0 Å². The van der Waals surface area contributed by atoms with Crippen molar-refractivity contribution in [1.29, 1.82) is 0 Å². The van der Waals surface area contributed by atoms with Crippen LogP contribution in [0.1, 0.15) is 34.3 Å². The molecule has 0 unspecified atom stereocenters. The van der Waals surface area contributed by atoms with Gasteiger partial charge in [-0.3, -0.25) is 9.78 Å². The summed E-state index contributed by atoms with van der Waals surface area (Å²) in [4.78, 5) is 28.2. The Kier molecular flexibility index (Phi) is 6.25. The van der Waals surface area contributed by atoms with E-state index in [1.807, 2.05) is 78.6 Å². The van der Waals surface area contributed by atoms with Gasteiger partial charge in [0.05, 0.1) is 11.3 Å². The average molecular weight is 466 g/mol. The van der Waals surface area contributed by atoms with Gasteiger partial charge in [0.25, 0.3) is 5.91 Å². The molecule has 1 saturated heterocycles. The lowest BCUT2D eigenvalue weighted by Crippen LogP contribution is -2.45. The van der Waals surface area contributed by atoms with Gasteiger partial charge in [-0.2, -0.15) is 0 Å². The van der Waals surface area contributed by atoms with Gasteiger partial charge in [-0.1, -0.05) is 36.4 Å². The lowest BCUT2D eigenvalue weighted by Gasteiger charge is -2.38. The van der Waals surface area contributed by atoms with E-state index in [0.717, 1.165) is 28.1 Å². The number of anilines is 2. The second-order valence-corrected chi connectivity index (χ2v) is 8.85. The molecule has 0 bridgehead atoms. The van der Waals surface area contributed by atoms with Gasteiger partial charge in [0.15, 0.2) is 0 Å². The molecule has 4 aromatic rings. The summed E-state index contributed by atoms with van der Waals surface area (Å²) in [6.45, 7) is 2.97. The Balaban J connectivity index is 1.31. The number of amides is 1. The Morgan fingerprint density at radius 1 is 1.00 bits per heavy atom. The Morgan fingerprint density at radius 3 is 2.54 bits per heavy atom. The largest absolute Gasteiger partial charge is 0.385 e. The first kappa shape index (κ1) is 22.7. The minimum atomic E-state index is -0.894. The van der Waals surface area contributed by atoms with Gasteiger partial charge in [-0.05, 0) is 61.2 Å². The molecule has 7 heteroatoms. The van der Waals surface area contributed by atoms with E-state index in [9.17, 15) is 9.90 Å². The summed E-state index contributed by atoms with van der Waals surface area (Å²) in [6, 6.07) is 20.9. The fourth-order valence-corrected chi connectivity index (χ4v) is 4.40. The summed E-state index contributed by atoms with van der Waals surface area (Å²) in [7, 11) is 0. The smallest absolute Gasteiger partial charge is 0.253 e. The molecule has 2 aromatic carbocycles. The van der Waals surface area contributed by atoms with E-state index in [1.165, 1.54) is 0 Å². The quantitative estimate of drug-likeness (QED) is 0.443. The van der Waals surface area contributed by atoms with Crippen molar-refractivity contribution < 1.29 is 9.90 Å². The van der Waals surface area contributed by atoms with Crippen LogP contribution in [-0.4, -0.2) is 44.0 Å². The molecule has 0 radical (unpaired) electrons. The van der Waals surface area contributed by atoms with Crippen LogP contribution in [0.3, 0.4) is 0 Å². The summed E-state index contributed by atoms with van der Waals surface area (Å²) in [6.07, 6.45) is 6.20. The molecule has 1 amide bonds. The summed E-state index contributed by atoms with van der Waals surface area (Å²) in [5, 5.41) is 14.4. The highest BCUT2D eigenvalue weighted by Crippen LogP contribution is 2.33. The number of pyridine rings is 1. The molecule has 5 rings (SSSR count). The monoisotopic (exact) mass is 465 g/mol. The van der Waals surface area contributed by atoms with E-state index in [-0.39, 0.29) is 5.91 Å². The average Bonchev–Trinajstić information content (AvgIpc) is 2.91. The summed E-state index contributed by atoms with van der Waals surface area (Å²) >= 11 is 0. The molecule has 0 atom stereocenters. The van der Waals surface area contributed by atoms with E-state index >= 15 is 0 Å². The number of nitrogens with one attached hydrogen (secondary N) is 1. The zero-order valence-corrected chi connectivity index (χ0v) is 19.6. The number of piperidine rings is 1. The SMILES string of the molecule is Cc1ccc(C(=O)N2CCC(O)(c3ccccc3)CC2)cc1Nc1nccc(-c2cccnc2)n1. The Labute approximate surface area is 204 Å². The first-order valence-electron chi connectivity index (χ1n) is 11.7. The molecule has 7 nitrogen and oxygen atoms in total. The number of aromatic nitrogens is 3. The molecular weight excluding hydrogens is 438 g/mol. The maximum Gasteiger partial charge on any atom is 0.253 e. The number of hydrogen-bond donors (Lipinski definition) is 2. The highest BCUT2D eigenvalue weighted by molar-refractivity contribution is 5.95. The number of aliphatic hydroxyl groups is 1. The van der Waals surface area contributed by atoms with Crippen LogP contribution in [0.5, 0.6) is 0 Å². The molecule has 35 heavy (non-hydrogen) atoms. The van der Waals surface area contributed by atoms with E-state index in [4.69, 9.17) is 0 Å². The van der Waals surface area contributed by atoms with Crippen LogP contribution in [0.4, 0.5) is 11.6 Å². The van der Waals surface area contributed by atoms with Gasteiger partial charge < -0.3 is 15.3 Å². The van der Waals surface area contributed by atoms with Crippen LogP contribution in [0.15, 0.2) is 85.3 Å². The molecule has 2 N–H and O–H groups in total. The van der Waals surface area contributed by atoms with Crippen LogP contribution in [0, 0.1) is 6.92 Å². The zero-order valence-electron chi connectivity index (χ0n) is 19.6. The third-order valence-corrected chi connectivity index (χ3v) is 6.53. The number of likely N-dealkylation sites (tertiary alicyclic amines) is 1. The van der Waals surface area contributed by atoms with Gasteiger partial charge in [-0.25, -0.2) is 9.97 Å². The lowest BCUT2D eigenvalue weighted by atomic mass is 9.84. The number of benzene rings is 2. The Morgan fingerprint density at radius 2 is 1.80 bits per heavy atom. The normalized spacial score (nSPS) is 15.0. The maximum absolute atomic E-state index is 13.3. The minimum absolute atomic E-state index is 0.0480. The van der Waals surface area contributed by atoms with Crippen molar-refractivity contribution in [2.75, 3.05) is 18.4 Å². The summed E-state index contributed by atoms with van der Waals surface area (Å²) in [5.74, 6) is 0.401. The van der Waals surface area contributed by atoms with Gasteiger partial charge in [0.1, 0.15) is 0 Å². The third kappa shape index (κ3) is 4.90. The second kappa shape index (κ2) is 9.64. The van der Waals surface area contributed by atoms with Crippen molar-refractivity contribution >= 4 is 17.5 Å². The molecule has 0 spiro atoms. The number of carbonyl (C=O) groups excluding carboxylic acids is 1. The lowest BCUT2D eigenvalue weighted by molar-refractivity contribution is -0.0211. The van der Waals surface area contributed by atoms with Crippen molar-refractivity contribution in [3.63, 3.8) is 0 Å². The molecule has 2 aromatic heterocycles. The van der Waals surface area contributed by atoms with Crippen molar-refractivity contribution in [2.24, 2.45) is 0 Å². The number of hydrogen-bond acceptors (Lipinski definition) is 6. The topological polar surface area (TPSA) is 91.2 Å². The zero-order chi connectivity index (χ0) is 24.3. The van der Waals surface area contributed by atoms with Crippen LogP contribution < -0.4 is 5.32 Å². The molecule has 0 saturated carbocycles. The molecule has 1 aliphatic rings. The molecule has 1 aliphatic heterocycles. The van der Waals surface area contributed by atoms with Crippen LogP contribution in [0.25, 0.3) is 11.3 Å². The first-order valence-corrected chi connectivity index (χ1v) is 11.7. The molecule has 176 valence electrons. The predicted molar refractivity (Wildman–Crippen MR) is 135 cm³/mol. The Bertz CT molecular complexity index is 1320. The van der Waals surface area contributed by atoms with Gasteiger partial charge in [0, 0.05) is 48.5 Å². The van der Waals surface area contributed by atoms with Crippen molar-refractivity contribution in [3.8, 4) is 11.3 Å².